The van der Waals surface area contributed by atoms with E-state index < -0.39 is 0 Å². The number of nitrogens with two attached hydrogens (primary N) is 1. The first kappa shape index (κ1) is 18.1. The first-order valence-corrected chi connectivity index (χ1v) is 10.8. The van der Waals surface area contributed by atoms with Crippen molar-refractivity contribution in [3.05, 3.63) is 24.2 Å². The first-order valence-electron chi connectivity index (χ1n) is 10.8. The predicted octanol–water partition coefficient (Wildman–Crippen LogP) is 2.94. The van der Waals surface area contributed by atoms with Gasteiger partial charge in [-0.1, -0.05) is 0 Å². The summed E-state index contributed by atoms with van der Waals surface area (Å²) in [5, 5.41) is 8.27. The predicted molar refractivity (Wildman–Crippen MR) is 108 cm³/mol. The van der Waals surface area contributed by atoms with Gasteiger partial charge in [0.25, 0.3) is 0 Å². The van der Waals surface area contributed by atoms with Gasteiger partial charge in [0, 0.05) is 36.1 Å². The Morgan fingerprint density at radius 2 is 2.00 bits per heavy atom. The minimum atomic E-state index is 0.348. The topological polar surface area (TPSA) is 90.9 Å². The lowest BCUT2D eigenvalue weighted by atomic mass is 9.92. The number of aromatic nitrogens is 4. The number of rotatable bonds is 6. The molecule has 7 heteroatoms. The van der Waals surface area contributed by atoms with Crippen molar-refractivity contribution in [2.45, 2.75) is 69.5 Å². The molecule has 0 amide bonds. The molecule has 2 aromatic heterocycles. The van der Waals surface area contributed by atoms with Gasteiger partial charge in [0.1, 0.15) is 0 Å². The van der Waals surface area contributed by atoms with E-state index in [-0.39, 0.29) is 0 Å². The average Bonchev–Trinajstić information content (AvgIpc) is 3.18. The van der Waals surface area contributed by atoms with Crippen LogP contribution in [-0.2, 0) is 11.2 Å². The molecule has 3 fully saturated rings. The second-order valence-corrected chi connectivity index (χ2v) is 8.64. The lowest BCUT2D eigenvalue weighted by Crippen LogP contribution is -2.33. The summed E-state index contributed by atoms with van der Waals surface area (Å²) in [6.07, 6.45) is 12.9. The van der Waals surface area contributed by atoms with Crippen molar-refractivity contribution in [2.24, 2.45) is 11.7 Å². The first-order chi connectivity index (χ1) is 13.8. The van der Waals surface area contributed by atoms with Gasteiger partial charge in [-0.05, 0) is 63.4 Å². The number of hydrogen-bond donors (Lipinski definition) is 2. The number of nitrogens with zero attached hydrogens (tertiary/aromatic N) is 4. The van der Waals surface area contributed by atoms with Gasteiger partial charge >= 0.3 is 0 Å². The molecule has 28 heavy (non-hydrogen) atoms. The molecule has 0 bridgehead atoms. The Balaban J connectivity index is 1.39. The standard InChI is InChI=1S/C21H30N6O/c22-15-3-5-16(6-4-15)25-21-23-9-7-19(26-21)18-12-24-27(17-8-10-28-13-17)20(18)11-14-1-2-14/h7,9,12,14-17H,1-6,8,10-11,13,22H2,(H,23,25,26)/t15-,16-,17-/m0/s1. The molecular formula is C21H30N6O. The van der Waals surface area contributed by atoms with E-state index in [1.54, 1.807) is 0 Å². The number of nitrogens with one attached hydrogen (secondary N) is 1. The smallest absolute Gasteiger partial charge is 0.223 e. The third-order valence-electron chi connectivity index (χ3n) is 6.37. The Labute approximate surface area is 166 Å². The summed E-state index contributed by atoms with van der Waals surface area (Å²) in [5.74, 6) is 1.51. The van der Waals surface area contributed by atoms with Crippen LogP contribution < -0.4 is 11.1 Å². The third kappa shape index (κ3) is 3.91. The molecule has 0 unspecified atom stereocenters. The highest BCUT2D eigenvalue weighted by Gasteiger charge is 2.29. The van der Waals surface area contributed by atoms with E-state index in [4.69, 9.17) is 20.6 Å². The second kappa shape index (κ2) is 7.79. The zero-order chi connectivity index (χ0) is 18.9. The fourth-order valence-electron chi connectivity index (χ4n) is 4.45. The van der Waals surface area contributed by atoms with E-state index in [9.17, 15) is 0 Å². The van der Waals surface area contributed by atoms with Crippen LogP contribution in [0.5, 0.6) is 0 Å². The Morgan fingerprint density at radius 3 is 2.75 bits per heavy atom. The fourth-order valence-corrected chi connectivity index (χ4v) is 4.45. The molecule has 0 spiro atoms. The van der Waals surface area contributed by atoms with Gasteiger partial charge in [-0.15, -0.1) is 0 Å². The van der Waals surface area contributed by atoms with Crippen LogP contribution in [0.3, 0.4) is 0 Å². The normalized spacial score (nSPS) is 27.8. The van der Waals surface area contributed by atoms with Crippen LogP contribution in [0.2, 0.25) is 0 Å². The maximum atomic E-state index is 6.03. The third-order valence-corrected chi connectivity index (χ3v) is 6.37. The van der Waals surface area contributed by atoms with Crippen molar-refractivity contribution in [3.8, 4) is 11.3 Å². The molecule has 0 radical (unpaired) electrons. The highest BCUT2D eigenvalue weighted by molar-refractivity contribution is 5.62. The van der Waals surface area contributed by atoms with E-state index in [2.05, 4.69) is 15.0 Å². The number of ether oxygens (including phenoxy) is 1. The summed E-state index contributed by atoms with van der Waals surface area (Å²) < 4.78 is 7.81. The molecule has 2 saturated carbocycles. The molecule has 3 aliphatic rings. The second-order valence-electron chi connectivity index (χ2n) is 8.64. The van der Waals surface area contributed by atoms with Gasteiger partial charge in [-0.2, -0.15) is 5.10 Å². The molecule has 150 valence electrons. The summed E-state index contributed by atoms with van der Waals surface area (Å²) in [6, 6.07) is 3.12. The van der Waals surface area contributed by atoms with Crippen molar-refractivity contribution in [3.63, 3.8) is 0 Å². The van der Waals surface area contributed by atoms with Crippen molar-refractivity contribution in [2.75, 3.05) is 18.5 Å². The van der Waals surface area contributed by atoms with E-state index in [1.165, 1.54) is 18.5 Å². The Bertz CT molecular complexity index is 803. The summed E-state index contributed by atoms with van der Waals surface area (Å²) in [4.78, 5) is 9.31. The molecule has 1 aliphatic heterocycles. The lowest BCUT2D eigenvalue weighted by molar-refractivity contribution is 0.184. The van der Waals surface area contributed by atoms with E-state index in [0.717, 1.165) is 68.9 Å². The molecule has 2 aromatic rings. The SMILES string of the molecule is N[C@H]1CC[C@H](Nc2nccc(-c3cnn([C@H]4CCOC4)c3CC3CC3)n2)CC1. The van der Waals surface area contributed by atoms with Crippen LogP contribution in [-0.4, -0.2) is 45.0 Å². The highest BCUT2D eigenvalue weighted by atomic mass is 16.5. The van der Waals surface area contributed by atoms with Gasteiger partial charge < -0.3 is 15.8 Å². The molecule has 0 aromatic carbocycles. The Morgan fingerprint density at radius 1 is 1.14 bits per heavy atom. The Hall–Kier alpha value is -1.99. The minimum Gasteiger partial charge on any atom is -0.379 e. The van der Waals surface area contributed by atoms with Gasteiger partial charge in [-0.25, -0.2) is 9.97 Å². The van der Waals surface area contributed by atoms with Crippen molar-refractivity contribution < 1.29 is 4.74 Å². The molecular weight excluding hydrogens is 352 g/mol. The molecule has 1 atom stereocenters. The molecule has 7 nitrogen and oxygen atoms in total. The van der Waals surface area contributed by atoms with Crippen LogP contribution in [0.25, 0.3) is 11.3 Å². The molecule has 2 aliphatic carbocycles. The van der Waals surface area contributed by atoms with Crippen LogP contribution >= 0.6 is 0 Å². The highest BCUT2D eigenvalue weighted by Crippen LogP contribution is 2.37. The number of anilines is 1. The van der Waals surface area contributed by atoms with Crippen LogP contribution in [0.15, 0.2) is 18.5 Å². The lowest BCUT2D eigenvalue weighted by Gasteiger charge is -2.26. The van der Waals surface area contributed by atoms with E-state index in [0.29, 0.717) is 24.1 Å². The Kier molecular flexibility index (Phi) is 5.03. The van der Waals surface area contributed by atoms with Crippen molar-refractivity contribution in [1.82, 2.24) is 19.7 Å². The maximum absolute atomic E-state index is 6.03. The summed E-state index contributed by atoms with van der Waals surface area (Å²) in [7, 11) is 0. The van der Waals surface area contributed by atoms with Crippen LogP contribution in [0.4, 0.5) is 5.95 Å². The van der Waals surface area contributed by atoms with Crippen molar-refractivity contribution in [1.29, 1.82) is 0 Å². The molecule has 3 N–H and O–H groups in total. The van der Waals surface area contributed by atoms with Gasteiger partial charge in [0.2, 0.25) is 5.95 Å². The maximum Gasteiger partial charge on any atom is 0.223 e. The minimum absolute atomic E-state index is 0.348. The zero-order valence-electron chi connectivity index (χ0n) is 16.4. The number of hydrogen-bond acceptors (Lipinski definition) is 6. The molecule has 1 saturated heterocycles. The van der Waals surface area contributed by atoms with E-state index >= 15 is 0 Å². The van der Waals surface area contributed by atoms with Crippen LogP contribution in [0.1, 0.15) is 56.7 Å². The van der Waals surface area contributed by atoms with Gasteiger partial charge in [-0.3, -0.25) is 4.68 Å². The molecule has 5 rings (SSSR count). The fraction of sp³-hybridized carbons (Fsp3) is 0.667. The molecule has 3 heterocycles. The van der Waals surface area contributed by atoms with Crippen LogP contribution in [0, 0.1) is 5.92 Å². The average molecular weight is 383 g/mol. The zero-order valence-corrected chi connectivity index (χ0v) is 16.4. The van der Waals surface area contributed by atoms with Gasteiger partial charge in [0.15, 0.2) is 0 Å². The van der Waals surface area contributed by atoms with Crippen molar-refractivity contribution >= 4 is 5.95 Å². The van der Waals surface area contributed by atoms with E-state index in [1.807, 2.05) is 18.5 Å². The monoisotopic (exact) mass is 382 g/mol. The van der Waals surface area contributed by atoms with Gasteiger partial charge in [0.05, 0.1) is 24.5 Å². The summed E-state index contributed by atoms with van der Waals surface area (Å²) >= 11 is 0. The summed E-state index contributed by atoms with van der Waals surface area (Å²) in [6.45, 7) is 1.59. The largest absolute Gasteiger partial charge is 0.379 e. The summed E-state index contributed by atoms with van der Waals surface area (Å²) in [5.41, 5.74) is 9.45. The quantitative estimate of drug-likeness (QED) is 0.798.